The number of hydrogen-bond donors (Lipinski definition) is 1. The molecule has 7 nitrogen and oxygen atoms in total. The minimum Gasteiger partial charge on any atom is -0.495 e. The number of nitrogens with one attached hydrogen (secondary N) is 1. The number of carbonyl (C=O) groups is 1. The monoisotopic (exact) mass is 438 g/mol. The number of rotatable bonds is 11. The second-order valence-electron chi connectivity index (χ2n) is 6.77. The Bertz CT molecular complexity index is 948. The standard InChI is InChI=1S/C21H27FN2O5S/c1-16-6-11-20(28-2)19(15-16)24(30(3,26)27)13-4-5-21(25)23-12-14-29-18-9-7-17(22)8-10-18/h6-11,15H,4-5,12-14H2,1-3H3,(H,23,25). The van der Waals surface area contributed by atoms with Crippen LogP contribution >= 0.6 is 0 Å². The van der Waals surface area contributed by atoms with Crippen LogP contribution in [0, 0.1) is 12.7 Å². The molecule has 0 aliphatic rings. The molecule has 2 rings (SSSR count). The van der Waals surface area contributed by atoms with Gasteiger partial charge in [0.05, 0.1) is 25.6 Å². The number of nitrogens with zero attached hydrogens (tertiary/aromatic N) is 1. The lowest BCUT2D eigenvalue weighted by Crippen LogP contribution is -2.33. The first kappa shape index (κ1) is 23.5. The summed E-state index contributed by atoms with van der Waals surface area (Å²) in [7, 11) is -2.06. The number of amides is 1. The second-order valence-corrected chi connectivity index (χ2v) is 8.67. The average Bonchev–Trinajstić information content (AvgIpc) is 2.69. The van der Waals surface area contributed by atoms with Crippen molar-refractivity contribution in [3.63, 3.8) is 0 Å². The van der Waals surface area contributed by atoms with E-state index < -0.39 is 10.0 Å². The van der Waals surface area contributed by atoms with Gasteiger partial charge in [-0.15, -0.1) is 0 Å². The van der Waals surface area contributed by atoms with Gasteiger partial charge >= 0.3 is 0 Å². The van der Waals surface area contributed by atoms with Gasteiger partial charge in [-0.05, 0) is 55.3 Å². The van der Waals surface area contributed by atoms with Crippen molar-refractivity contribution in [3.8, 4) is 11.5 Å². The number of sulfonamides is 1. The zero-order chi connectivity index (χ0) is 22.1. The van der Waals surface area contributed by atoms with Crippen LogP contribution in [0.2, 0.25) is 0 Å². The largest absolute Gasteiger partial charge is 0.495 e. The molecule has 164 valence electrons. The van der Waals surface area contributed by atoms with Crippen LogP contribution < -0.4 is 19.1 Å². The van der Waals surface area contributed by atoms with Crippen LogP contribution in [0.4, 0.5) is 10.1 Å². The van der Waals surface area contributed by atoms with Gasteiger partial charge in [-0.1, -0.05) is 6.07 Å². The first-order chi connectivity index (χ1) is 14.2. The number of aryl methyl sites for hydroxylation is 1. The topological polar surface area (TPSA) is 84.9 Å². The Labute approximate surface area is 176 Å². The number of hydrogen-bond acceptors (Lipinski definition) is 5. The molecule has 2 aromatic rings. The Morgan fingerprint density at radius 3 is 2.50 bits per heavy atom. The first-order valence-corrected chi connectivity index (χ1v) is 11.3. The van der Waals surface area contributed by atoms with E-state index >= 15 is 0 Å². The van der Waals surface area contributed by atoms with Crippen molar-refractivity contribution in [1.29, 1.82) is 0 Å². The van der Waals surface area contributed by atoms with Gasteiger partial charge in [0, 0.05) is 13.0 Å². The quantitative estimate of drug-likeness (QED) is 0.546. The van der Waals surface area contributed by atoms with Crippen LogP contribution in [0.3, 0.4) is 0 Å². The summed E-state index contributed by atoms with van der Waals surface area (Å²) in [5.74, 6) is 0.416. The molecule has 0 aromatic heterocycles. The molecule has 30 heavy (non-hydrogen) atoms. The van der Waals surface area contributed by atoms with Crippen molar-refractivity contribution in [2.45, 2.75) is 19.8 Å². The van der Waals surface area contributed by atoms with Crippen molar-refractivity contribution < 1.29 is 27.1 Å². The Hall–Kier alpha value is -2.81. The molecule has 1 amide bonds. The van der Waals surface area contributed by atoms with E-state index in [9.17, 15) is 17.6 Å². The molecule has 0 saturated heterocycles. The molecule has 0 heterocycles. The summed E-state index contributed by atoms with van der Waals surface area (Å²) in [5.41, 5.74) is 1.35. The van der Waals surface area contributed by atoms with E-state index in [1.165, 1.54) is 35.7 Å². The van der Waals surface area contributed by atoms with E-state index in [0.717, 1.165) is 11.8 Å². The highest BCUT2D eigenvalue weighted by atomic mass is 32.2. The van der Waals surface area contributed by atoms with Crippen LogP contribution in [0.25, 0.3) is 0 Å². The maximum Gasteiger partial charge on any atom is 0.232 e. The van der Waals surface area contributed by atoms with Gasteiger partial charge in [0.2, 0.25) is 15.9 Å². The van der Waals surface area contributed by atoms with Gasteiger partial charge in [-0.25, -0.2) is 12.8 Å². The Balaban J connectivity index is 1.83. The van der Waals surface area contributed by atoms with Crippen molar-refractivity contribution >= 4 is 21.6 Å². The number of anilines is 1. The predicted molar refractivity (Wildman–Crippen MR) is 114 cm³/mol. The van der Waals surface area contributed by atoms with Crippen molar-refractivity contribution in [3.05, 3.63) is 53.8 Å². The van der Waals surface area contributed by atoms with Gasteiger partial charge in [0.1, 0.15) is 23.9 Å². The zero-order valence-corrected chi connectivity index (χ0v) is 18.2. The maximum atomic E-state index is 12.8. The summed E-state index contributed by atoms with van der Waals surface area (Å²) >= 11 is 0. The summed E-state index contributed by atoms with van der Waals surface area (Å²) < 4.78 is 49.4. The molecule has 0 spiro atoms. The number of carbonyl (C=O) groups excluding carboxylic acids is 1. The van der Waals surface area contributed by atoms with Gasteiger partial charge < -0.3 is 14.8 Å². The number of benzene rings is 2. The van der Waals surface area contributed by atoms with Crippen LogP contribution in [0.15, 0.2) is 42.5 Å². The summed E-state index contributed by atoms with van der Waals surface area (Å²) in [5, 5.41) is 2.72. The summed E-state index contributed by atoms with van der Waals surface area (Å²) in [6, 6.07) is 10.9. The van der Waals surface area contributed by atoms with Gasteiger partial charge in [0.25, 0.3) is 0 Å². The highest BCUT2D eigenvalue weighted by molar-refractivity contribution is 7.92. The molecule has 0 atom stereocenters. The highest BCUT2D eigenvalue weighted by Gasteiger charge is 2.21. The smallest absolute Gasteiger partial charge is 0.232 e. The number of ether oxygens (including phenoxy) is 2. The minimum absolute atomic E-state index is 0.151. The molecular weight excluding hydrogens is 411 g/mol. The Morgan fingerprint density at radius 1 is 1.17 bits per heavy atom. The zero-order valence-electron chi connectivity index (χ0n) is 17.4. The van der Waals surface area contributed by atoms with E-state index in [2.05, 4.69) is 5.32 Å². The minimum atomic E-state index is -3.54. The molecule has 0 bridgehead atoms. The fourth-order valence-corrected chi connectivity index (χ4v) is 3.78. The van der Waals surface area contributed by atoms with Gasteiger partial charge in [0.15, 0.2) is 0 Å². The first-order valence-electron chi connectivity index (χ1n) is 9.48. The van der Waals surface area contributed by atoms with Crippen molar-refractivity contribution in [2.24, 2.45) is 0 Å². The van der Waals surface area contributed by atoms with Crippen LogP contribution in [-0.4, -0.2) is 47.4 Å². The lowest BCUT2D eigenvalue weighted by molar-refractivity contribution is -0.121. The van der Waals surface area contributed by atoms with Crippen molar-refractivity contribution in [1.82, 2.24) is 5.32 Å². The molecule has 0 aliphatic carbocycles. The van der Waals surface area contributed by atoms with Gasteiger partial charge in [-0.3, -0.25) is 9.10 Å². The van der Waals surface area contributed by atoms with Crippen LogP contribution in [0.1, 0.15) is 18.4 Å². The SMILES string of the molecule is COc1ccc(C)cc1N(CCCC(=O)NCCOc1ccc(F)cc1)S(C)(=O)=O. The third-order valence-electron chi connectivity index (χ3n) is 4.28. The van der Waals surface area contributed by atoms with E-state index in [-0.39, 0.29) is 37.8 Å². The number of methoxy groups -OCH3 is 1. The molecule has 0 unspecified atom stereocenters. The second kappa shape index (κ2) is 10.8. The summed E-state index contributed by atoms with van der Waals surface area (Å²) in [6.07, 6.45) is 1.63. The third kappa shape index (κ3) is 7.22. The van der Waals surface area contributed by atoms with E-state index in [0.29, 0.717) is 23.6 Å². The highest BCUT2D eigenvalue weighted by Crippen LogP contribution is 2.31. The Kier molecular flexibility index (Phi) is 8.46. The molecule has 2 aromatic carbocycles. The van der Waals surface area contributed by atoms with Gasteiger partial charge in [-0.2, -0.15) is 0 Å². The molecule has 0 fully saturated rings. The predicted octanol–water partition coefficient (Wildman–Crippen LogP) is 2.88. The van der Waals surface area contributed by atoms with Crippen LogP contribution in [0.5, 0.6) is 11.5 Å². The summed E-state index contributed by atoms with van der Waals surface area (Å²) in [4.78, 5) is 12.0. The Morgan fingerprint density at radius 2 is 1.87 bits per heavy atom. The normalized spacial score (nSPS) is 11.1. The molecule has 0 aliphatic heterocycles. The van der Waals surface area contributed by atoms with Crippen molar-refractivity contribution in [2.75, 3.05) is 37.4 Å². The summed E-state index contributed by atoms with van der Waals surface area (Å²) in [6.45, 7) is 2.55. The van der Waals surface area contributed by atoms with E-state index in [1.807, 2.05) is 13.0 Å². The van der Waals surface area contributed by atoms with E-state index in [4.69, 9.17) is 9.47 Å². The molecular formula is C21H27FN2O5S. The maximum absolute atomic E-state index is 12.8. The fraction of sp³-hybridized carbons (Fsp3) is 0.381. The molecule has 9 heteroatoms. The fourth-order valence-electron chi connectivity index (χ4n) is 2.82. The number of halogens is 1. The third-order valence-corrected chi connectivity index (χ3v) is 5.45. The average molecular weight is 439 g/mol. The lowest BCUT2D eigenvalue weighted by Gasteiger charge is -2.24. The molecule has 0 saturated carbocycles. The molecule has 1 N–H and O–H groups in total. The van der Waals surface area contributed by atoms with Crippen LogP contribution in [-0.2, 0) is 14.8 Å². The molecule has 0 radical (unpaired) electrons. The lowest BCUT2D eigenvalue weighted by atomic mass is 10.2. The van der Waals surface area contributed by atoms with E-state index in [1.54, 1.807) is 12.1 Å².